The van der Waals surface area contributed by atoms with Crippen LogP contribution < -0.4 is 10.6 Å². The van der Waals surface area contributed by atoms with Crippen molar-refractivity contribution in [2.75, 3.05) is 7.11 Å². The molecule has 0 aromatic rings. The minimum atomic E-state index is -1.07. The lowest BCUT2D eigenvalue weighted by molar-refractivity contribution is -0.128. The average molecular weight is 170 g/mol. The van der Waals surface area contributed by atoms with Gasteiger partial charge in [0.1, 0.15) is 11.6 Å². The van der Waals surface area contributed by atoms with Gasteiger partial charge in [-0.05, 0) is 0 Å². The van der Waals surface area contributed by atoms with Gasteiger partial charge < -0.3 is 4.74 Å². The maximum Gasteiger partial charge on any atom is 0.326 e. The molecule has 6 nitrogen and oxygen atoms in total. The van der Waals surface area contributed by atoms with Crippen molar-refractivity contribution in [1.29, 1.82) is 0 Å². The third-order valence-corrected chi connectivity index (χ3v) is 1.33. The van der Waals surface area contributed by atoms with E-state index in [4.69, 9.17) is 0 Å². The molecule has 1 fully saturated rings. The second kappa shape index (κ2) is 3.17. The standard InChI is InChI=1S/C6H6N2O4/c1-12-4-3(2-9)7-6(11)8-5(4)10/h4H,1H3,(H2,7,8,10,11). The van der Waals surface area contributed by atoms with Crippen LogP contribution in [0.3, 0.4) is 0 Å². The lowest BCUT2D eigenvalue weighted by Gasteiger charge is -2.20. The topological polar surface area (TPSA) is 84.5 Å². The molecular weight excluding hydrogens is 164 g/mol. The Kier molecular flexibility index (Phi) is 2.23. The van der Waals surface area contributed by atoms with Crippen LogP contribution >= 0.6 is 0 Å². The SMILES string of the molecule is COC1C(=O)NC(=O)NC1=C=O. The fourth-order valence-electron chi connectivity index (χ4n) is 0.832. The molecule has 0 aromatic carbocycles. The molecule has 1 aliphatic heterocycles. The zero-order valence-electron chi connectivity index (χ0n) is 6.21. The van der Waals surface area contributed by atoms with E-state index in [0.717, 1.165) is 0 Å². The zero-order valence-corrected chi connectivity index (χ0v) is 6.21. The van der Waals surface area contributed by atoms with E-state index in [1.165, 1.54) is 13.1 Å². The molecule has 1 atom stereocenters. The van der Waals surface area contributed by atoms with Gasteiger partial charge in [-0.3, -0.25) is 15.4 Å². The average Bonchev–Trinajstić information content (AvgIpc) is 2.03. The van der Waals surface area contributed by atoms with E-state index < -0.39 is 18.0 Å². The van der Waals surface area contributed by atoms with Gasteiger partial charge in [-0.15, -0.1) is 0 Å². The molecule has 1 aliphatic rings. The number of imide groups is 1. The molecule has 0 spiro atoms. The predicted octanol–water partition coefficient (Wildman–Crippen LogP) is -1.44. The third kappa shape index (κ3) is 1.34. The third-order valence-electron chi connectivity index (χ3n) is 1.33. The lowest BCUT2D eigenvalue weighted by atomic mass is 10.2. The van der Waals surface area contributed by atoms with Gasteiger partial charge in [0.25, 0.3) is 5.91 Å². The number of urea groups is 1. The monoisotopic (exact) mass is 170 g/mol. The Morgan fingerprint density at radius 2 is 2.08 bits per heavy atom. The Bertz CT molecular complexity index is 279. The van der Waals surface area contributed by atoms with Crippen LogP contribution in [0.25, 0.3) is 0 Å². The molecule has 0 bridgehead atoms. The first-order valence-electron chi connectivity index (χ1n) is 3.08. The Labute approximate surface area is 67.6 Å². The van der Waals surface area contributed by atoms with Gasteiger partial charge in [-0.1, -0.05) is 0 Å². The minimum absolute atomic E-state index is 0.203. The van der Waals surface area contributed by atoms with Crippen LogP contribution in [-0.2, 0) is 14.3 Å². The number of rotatable bonds is 1. The highest BCUT2D eigenvalue weighted by atomic mass is 16.5. The molecule has 1 unspecified atom stereocenters. The number of hydrogen-bond acceptors (Lipinski definition) is 4. The van der Waals surface area contributed by atoms with E-state index in [1.54, 1.807) is 0 Å². The van der Waals surface area contributed by atoms with Crippen LogP contribution in [-0.4, -0.2) is 31.1 Å². The molecule has 12 heavy (non-hydrogen) atoms. The van der Waals surface area contributed by atoms with E-state index in [-0.39, 0.29) is 5.70 Å². The molecule has 6 heteroatoms. The summed E-state index contributed by atoms with van der Waals surface area (Å²) in [5, 5.41) is 4.03. The van der Waals surface area contributed by atoms with Crippen molar-refractivity contribution in [1.82, 2.24) is 10.6 Å². The van der Waals surface area contributed by atoms with Gasteiger partial charge in [-0.2, -0.15) is 0 Å². The van der Waals surface area contributed by atoms with Crippen molar-refractivity contribution in [2.45, 2.75) is 6.10 Å². The van der Waals surface area contributed by atoms with Crippen molar-refractivity contribution in [3.63, 3.8) is 0 Å². The number of nitrogens with one attached hydrogen (secondary N) is 2. The van der Waals surface area contributed by atoms with E-state index >= 15 is 0 Å². The highest BCUT2D eigenvalue weighted by Gasteiger charge is 2.31. The fourth-order valence-corrected chi connectivity index (χ4v) is 0.832. The lowest BCUT2D eigenvalue weighted by Crippen LogP contribution is -2.54. The van der Waals surface area contributed by atoms with Crippen molar-refractivity contribution in [3.05, 3.63) is 5.70 Å². The first kappa shape index (κ1) is 8.45. The Balaban J connectivity index is 2.92. The van der Waals surface area contributed by atoms with Gasteiger partial charge in [0.05, 0.1) is 0 Å². The highest BCUT2D eigenvalue weighted by molar-refractivity contribution is 6.03. The smallest absolute Gasteiger partial charge is 0.326 e. The first-order valence-corrected chi connectivity index (χ1v) is 3.08. The molecule has 3 amide bonds. The van der Waals surface area contributed by atoms with Crippen molar-refractivity contribution >= 4 is 17.9 Å². The maximum atomic E-state index is 10.9. The summed E-state index contributed by atoms with van der Waals surface area (Å²) in [7, 11) is 1.25. The number of carbonyl (C=O) groups excluding carboxylic acids is 3. The second-order valence-electron chi connectivity index (χ2n) is 2.07. The Hall–Kier alpha value is -1.65. The molecule has 1 saturated heterocycles. The summed E-state index contributed by atoms with van der Waals surface area (Å²) >= 11 is 0. The normalized spacial score (nSPS) is 22.8. The summed E-state index contributed by atoms with van der Waals surface area (Å²) in [5.74, 6) is 0.748. The second-order valence-corrected chi connectivity index (χ2v) is 2.07. The van der Waals surface area contributed by atoms with Gasteiger partial charge in [-0.25, -0.2) is 9.59 Å². The molecule has 1 rings (SSSR count). The molecular formula is C6H6N2O4. The molecule has 0 aromatic heterocycles. The molecule has 0 aliphatic carbocycles. The van der Waals surface area contributed by atoms with E-state index in [0.29, 0.717) is 0 Å². The summed E-state index contributed by atoms with van der Waals surface area (Å²) in [6.07, 6.45) is -1.07. The van der Waals surface area contributed by atoms with E-state index in [9.17, 15) is 14.4 Å². The number of methoxy groups -OCH3 is 1. The molecule has 64 valence electrons. The van der Waals surface area contributed by atoms with Crippen molar-refractivity contribution < 1.29 is 19.1 Å². The van der Waals surface area contributed by atoms with Crippen LogP contribution in [0.2, 0.25) is 0 Å². The van der Waals surface area contributed by atoms with Gasteiger partial charge in [0.15, 0.2) is 6.10 Å². The Morgan fingerprint density at radius 3 is 2.58 bits per heavy atom. The summed E-state index contributed by atoms with van der Waals surface area (Å²) in [4.78, 5) is 31.7. The molecule has 2 N–H and O–H groups in total. The zero-order chi connectivity index (χ0) is 9.14. The van der Waals surface area contributed by atoms with Gasteiger partial charge in [0.2, 0.25) is 0 Å². The number of hydrogen-bond donors (Lipinski definition) is 2. The summed E-state index contributed by atoms with van der Waals surface area (Å²) in [5.41, 5.74) is -0.203. The Morgan fingerprint density at radius 1 is 1.42 bits per heavy atom. The largest absolute Gasteiger partial charge is 0.365 e. The van der Waals surface area contributed by atoms with E-state index in [1.807, 2.05) is 5.32 Å². The highest BCUT2D eigenvalue weighted by Crippen LogP contribution is 2.03. The minimum Gasteiger partial charge on any atom is -0.365 e. The van der Waals surface area contributed by atoms with Gasteiger partial charge in [0, 0.05) is 7.11 Å². The predicted molar refractivity (Wildman–Crippen MR) is 36.7 cm³/mol. The van der Waals surface area contributed by atoms with E-state index in [2.05, 4.69) is 10.1 Å². The van der Waals surface area contributed by atoms with Crippen molar-refractivity contribution in [2.24, 2.45) is 0 Å². The van der Waals surface area contributed by atoms with Crippen LogP contribution in [0.1, 0.15) is 0 Å². The summed E-state index contributed by atoms with van der Waals surface area (Å²) in [6, 6.07) is -0.744. The fraction of sp³-hybridized carbons (Fsp3) is 0.333. The molecule has 0 radical (unpaired) electrons. The van der Waals surface area contributed by atoms with Gasteiger partial charge >= 0.3 is 6.03 Å². The van der Waals surface area contributed by atoms with Crippen molar-refractivity contribution in [3.8, 4) is 0 Å². The number of amides is 3. The number of carbonyl (C=O) groups is 2. The molecule has 1 heterocycles. The molecule has 0 saturated carbocycles. The van der Waals surface area contributed by atoms with Crippen LogP contribution in [0.15, 0.2) is 5.70 Å². The maximum absolute atomic E-state index is 10.9. The summed E-state index contributed by atoms with van der Waals surface area (Å²) in [6.45, 7) is 0. The van der Waals surface area contributed by atoms with Crippen LogP contribution in [0.5, 0.6) is 0 Å². The van der Waals surface area contributed by atoms with Crippen LogP contribution in [0.4, 0.5) is 4.79 Å². The number of ether oxygens (including phenoxy) is 1. The summed E-state index contributed by atoms with van der Waals surface area (Å²) < 4.78 is 4.63. The van der Waals surface area contributed by atoms with Crippen LogP contribution in [0, 0.1) is 0 Å². The first-order chi connectivity index (χ1) is 5.69. The quantitative estimate of drug-likeness (QED) is 0.472.